The number of hydrogen-bond donors (Lipinski definition) is 4. The van der Waals surface area contributed by atoms with Gasteiger partial charge in [0.05, 0.1) is 19.1 Å². The number of esters is 1. The molecule has 0 fully saturated rings. The number of alkyl carbamates (subject to hydrolysis) is 1. The van der Waals surface area contributed by atoms with E-state index in [-0.39, 0.29) is 50.3 Å². The number of nitrogens with one attached hydrogen (secondary N) is 3. The van der Waals surface area contributed by atoms with Crippen molar-refractivity contribution in [2.24, 2.45) is 5.92 Å². The molecule has 0 spiro atoms. The minimum Gasteiger partial charge on any atom is -0.454 e. The molecule has 0 bridgehead atoms. The fourth-order valence-electron chi connectivity index (χ4n) is 6.01. The smallest absolute Gasteiger partial charge is 0.407 e. The zero-order chi connectivity index (χ0) is 33.2. The molecule has 0 saturated carbocycles. The number of amides is 3. The van der Waals surface area contributed by atoms with E-state index in [1.165, 1.54) is 0 Å². The zero-order valence-electron chi connectivity index (χ0n) is 26.4. The molecule has 4 atom stereocenters. The minimum atomic E-state index is -1.00. The Bertz CT molecular complexity index is 1550. The first-order valence-corrected chi connectivity index (χ1v) is 16.0. The molecule has 5 rings (SSSR count). The second kappa shape index (κ2) is 16.0. The summed E-state index contributed by atoms with van der Waals surface area (Å²) < 4.78 is 11.6. The van der Waals surface area contributed by atoms with Crippen molar-refractivity contribution in [2.75, 3.05) is 19.8 Å². The third kappa shape index (κ3) is 8.65. The van der Waals surface area contributed by atoms with Crippen LogP contribution in [-0.2, 0) is 23.9 Å². The van der Waals surface area contributed by atoms with Crippen LogP contribution in [0.15, 0.2) is 91.0 Å². The van der Waals surface area contributed by atoms with E-state index in [2.05, 4.69) is 28.1 Å². The lowest BCUT2D eigenvalue weighted by atomic mass is 9.98. The summed E-state index contributed by atoms with van der Waals surface area (Å²) in [5.74, 6) is -2.15. The molecule has 0 radical (unpaired) electrons. The predicted molar refractivity (Wildman–Crippen MR) is 176 cm³/mol. The van der Waals surface area contributed by atoms with E-state index >= 15 is 0 Å². The molecular weight excluding hydrogens is 598 g/mol. The molecular formula is C37H41N3O7. The highest BCUT2D eigenvalue weighted by molar-refractivity contribution is 5.86. The normalized spacial score (nSPS) is 20.6. The SMILES string of the molecule is CC(CO)NC(=O)CC1CC=CCCC(NC(=O)OCC2c3ccccc3-c3ccccc32)C(=O)OC(c2ccccc2)CNC1=O. The molecule has 10 heteroatoms. The summed E-state index contributed by atoms with van der Waals surface area (Å²) in [5, 5.41) is 17.5. The van der Waals surface area contributed by atoms with Crippen LogP contribution >= 0.6 is 0 Å². The van der Waals surface area contributed by atoms with Crippen molar-refractivity contribution < 1.29 is 33.8 Å². The number of aliphatic hydroxyl groups excluding tert-OH is 1. The summed E-state index contributed by atoms with van der Waals surface area (Å²) in [7, 11) is 0. The first kappa shape index (κ1) is 33.4. The van der Waals surface area contributed by atoms with E-state index in [4.69, 9.17) is 9.47 Å². The maximum Gasteiger partial charge on any atom is 0.407 e. The van der Waals surface area contributed by atoms with E-state index in [1.54, 1.807) is 37.3 Å². The third-order valence-electron chi connectivity index (χ3n) is 8.50. The second-order valence-electron chi connectivity index (χ2n) is 11.9. The van der Waals surface area contributed by atoms with Gasteiger partial charge < -0.3 is 30.5 Å². The molecule has 1 aliphatic heterocycles. The molecule has 10 nitrogen and oxygen atoms in total. The van der Waals surface area contributed by atoms with Crippen molar-refractivity contribution >= 4 is 23.9 Å². The predicted octanol–water partition coefficient (Wildman–Crippen LogP) is 4.54. The number of rotatable bonds is 8. The standard InChI is InChI=1S/C37H41N3O7/c1-24(22-41)39-34(42)20-26-14-6-3-7-19-32(36(44)47-33(21-38-35(26)43)25-12-4-2-5-13-25)40-37(45)46-23-31-29-17-10-8-15-27(29)28-16-9-11-18-30(28)31/h2-6,8-13,15-18,24,26,31-33,41H,7,14,19-23H2,1H3,(H,38,43)(H,39,42)(H,40,45). The monoisotopic (exact) mass is 639 g/mol. The second-order valence-corrected chi connectivity index (χ2v) is 11.9. The number of carbonyl (C=O) groups excluding carboxylic acids is 4. The van der Waals surface area contributed by atoms with Crippen LogP contribution in [0.3, 0.4) is 0 Å². The summed E-state index contributed by atoms with van der Waals surface area (Å²) in [5.41, 5.74) is 5.06. The fourth-order valence-corrected chi connectivity index (χ4v) is 6.01. The van der Waals surface area contributed by atoms with Crippen molar-refractivity contribution in [1.82, 2.24) is 16.0 Å². The number of benzene rings is 3. The molecule has 1 aliphatic carbocycles. The van der Waals surface area contributed by atoms with Gasteiger partial charge in [-0.2, -0.15) is 0 Å². The van der Waals surface area contributed by atoms with Crippen molar-refractivity contribution in [3.8, 4) is 11.1 Å². The first-order chi connectivity index (χ1) is 22.8. The average Bonchev–Trinajstić information content (AvgIpc) is 3.41. The summed E-state index contributed by atoms with van der Waals surface area (Å²) >= 11 is 0. The number of allylic oxidation sites excluding steroid dienone is 2. The molecule has 1 heterocycles. The van der Waals surface area contributed by atoms with E-state index in [9.17, 15) is 24.3 Å². The third-order valence-corrected chi connectivity index (χ3v) is 8.50. The Balaban J connectivity index is 1.28. The fraction of sp³-hybridized carbons (Fsp3) is 0.351. The molecule has 0 saturated heterocycles. The minimum absolute atomic E-state index is 0.0267. The van der Waals surface area contributed by atoms with Crippen LogP contribution in [0.4, 0.5) is 4.79 Å². The number of ether oxygens (including phenoxy) is 2. The number of cyclic esters (lactones) is 1. The van der Waals surface area contributed by atoms with E-state index in [0.29, 0.717) is 18.4 Å². The molecule has 246 valence electrons. The Morgan fingerprint density at radius 2 is 1.62 bits per heavy atom. The van der Waals surface area contributed by atoms with Crippen LogP contribution in [-0.4, -0.2) is 60.8 Å². The number of fused-ring (bicyclic) bond motifs is 3. The maximum atomic E-state index is 13.5. The van der Waals surface area contributed by atoms with E-state index in [1.807, 2.05) is 48.5 Å². The van der Waals surface area contributed by atoms with Crippen LogP contribution in [0, 0.1) is 5.92 Å². The molecule has 3 aromatic carbocycles. The molecule has 0 aromatic heterocycles. The van der Waals surface area contributed by atoms with Gasteiger partial charge in [0.2, 0.25) is 11.8 Å². The summed E-state index contributed by atoms with van der Waals surface area (Å²) in [6.07, 6.45) is 2.93. The number of carbonyl (C=O) groups is 4. The Morgan fingerprint density at radius 1 is 0.957 bits per heavy atom. The Labute approximate surface area is 274 Å². The topological polar surface area (TPSA) is 143 Å². The lowest BCUT2D eigenvalue weighted by molar-refractivity contribution is -0.152. The van der Waals surface area contributed by atoms with Crippen molar-refractivity contribution in [2.45, 2.75) is 56.7 Å². The molecule has 3 amide bonds. The Kier molecular flexibility index (Phi) is 11.4. The van der Waals surface area contributed by atoms with Gasteiger partial charge in [0.15, 0.2) is 0 Å². The van der Waals surface area contributed by atoms with Crippen LogP contribution in [0.5, 0.6) is 0 Å². The van der Waals surface area contributed by atoms with Gasteiger partial charge in [0.25, 0.3) is 0 Å². The van der Waals surface area contributed by atoms with Gasteiger partial charge in [0.1, 0.15) is 18.8 Å². The summed E-state index contributed by atoms with van der Waals surface area (Å²) in [6.45, 7) is 1.54. The Hall–Kier alpha value is -4.96. The van der Waals surface area contributed by atoms with Crippen molar-refractivity contribution in [1.29, 1.82) is 0 Å². The largest absolute Gasteiger partial charge is 0.454 e. The highest BCUT2D eigenvalue weighted by atomic mass is 16.6. The van der Waals surface area contributed by atoms with Crippen molar-refractivity contribution in [3.05, 3.63) is 108 Å². The summed E-state index contributed by atoms with van der Waals surface area (Å²) in [4.78, 5) is 52.4. The lowest BCUT2D eigenvalue weighted by Gasteiger charge is -2.24. The quantitative estimate of drug-likeness (QED) is 0.209. The summed E-state index contributed by atoms with van der Waals surface area (Å²) in [6, 6.07) is 23.7. The molecule has 2 aliphatic rings. The molecule has 4 N–H and O–H groups in total. The molecule has 47 heavy (non-hydrogen) atoms. The number of aliphatic hydroxyl groups is 1. The average molecular weight is 640 g/mol. The first-order valence-electron chi connectivity index (χ1n) is 16.0. The van der Waals surface area contributed by atoms with Gasteiger partial charge in [-0.05, 0) is 54.0 Å². The highest BCUT2D eigenvalue weighted by Gasteiger charge is 2.31. The van der Waals surface area contributed by atoms with Gasteiger partial charge in [-0.25, -0.2) is 9.59 Å². The van der Waals surface area contributed by atoms with Gasteiger partial charge >= 0.3 is 12.1 Å². The highest BCUT2D eigenvalue weighted by Crippen LogP contribution is 2.44. The molecule has 4 unspecified atom stereocenters. The lowest BCUT2D eigenvalue weighted by Crippen LogP contribution is -2.44. The molecule has 3 aromatic rings. The number of hydrogen-bond acceptors (Lipinski definition) is 7. The van der Waals surface area contributed by atoms with Gasteiger partial charge in [-0.15, -0.1) is 0 Å². The van der Waals surface area contributed by atoms with Crippen molar-refractivity contribution in [3.63, 3.8) is 0 Å². The zero-order valence-corrected chi connectivity index (χ0v) is 26.4. The Morgan fingerprint density at radius 3 is 2.30 bits per heavy atom. The van der Waals surface area contributed by atoms with Crippen LogP contribution < -0.4 is 16.0 Å². The maximum absolute atomic E-state index is 13.5. The van der Waals surface area contributed by atoms with Gasteiger partial charge in [-0.3, -0.25) is 9.59 Å². The van der Waals surface area contributed by atoms with Gasteiger partial charge in [-0.1, -0.05) is 91.0 Å². The van der Waals surface area contributed by atoms with Crippen LogP contribution in [0.1, 0.15) is 61.3 Å². The van der Waals surface area contributed by atoms with Crippen LogP contribution in [0.25, 0.3) is 11.1 Å². The van der Waals surface area contributed by atoms with Crippen LogP contribution in [0.2, 0.25) is 0 Å². The van der Waals surface area contributed by atoms with Gasteiger partial charge in [0, 0.05) is 18.4 Å². The van der Waals surface area contributed by atoms with E-state index in [0.717, 1.165) is 22.3 Å². The van der Waals surface area contributed by atoms with E-state index < -0.39 is 36.2 Å².